The molecule has 4 rings (SSSR count). The summed E-state index contributed by atoms with van der Waals surface area (Å²) in [5.74, 6) is 0.331. The molecule has 1 aliphatic heterocycles. The summed E-state index contributed by atoms with van der Waals surface area (Å²) in [5, 5.41) is 9.48. The van der Waals surface area contributed by atoms with Gasteiger partial charge in [-0.25, -0.2) is 4.68 Å². The van der Waals surface area contributed by atoms with E-state index < -0.39 is 5.54 Å². The molecule has 1 atom stereocenters. The molecule has 1 fully saturated rings. The minimum Gasteiger partial charge on any atom is -0.316 e. The molecule has 0 amide bonds. The normalized spacial score (nSPS) is 18.0. The topological polar surface area (TPSA) is 59.8 Å². The number of fused-ring (bicyclic) bond motifs is 1. The molecule has 1 aromatic carbocycles. The van der Waals surface area contributed by atoms with Crippen molar-refractivity contribution in [2.45, 2.75) is 32.2 Å². The van der Waals surface area contributed by atoms with E-state index >= 15 is 0 Å². The first-order valence-electron chi connectivity index (χ1n) is 9.33. The monoisotopic (exact) mass is 382 g/mol. The van der Waals surface area contributed by atoms with E-state index in [2.05, 4.69) is 24.1 Å². The Labute approximate surface area is 163 Å². The van der Waals surface area contributed by atoms with Gasteiger partial charge in [-0.1, -0.05) is 23.7 Å². The summed E-state index contributed by atoms with van der Waals surface area (Å²) in [7, 11) is 0. The van der Waals surface area contributed by atoms with Gasteiger partial charge in [-0.2, -0.15) is 5.10 Å². The lowest BCUT2D eigenvalue weighted by molar-refractivity contribution is 0.154. The number of pyridine rings is 1. The lowest BCUT2D eigenvalue weighted by Gasteiger charge is -2.38. The zero-order chi connectivity index (χ0) is 19.0. The fourth-order valence-electron chi connectivity index (χ4n) is 3.92. The molecule has 0 spiro atoms. The third kappa shape index (κ3) is 3.26. The van der Waals surface area contributed by atoms with Crippen LogP contribution in [0.1, 0.15) is 26.7 Å². The molecule has 0 bridgehead atoms. The van der Waals surface area contributed by atoms with Crippen LogP contribution < -0.4 is 10.9 Å². The van der Waals surface area contributed by atoms with Crippen molar-refractivity contribution in [1.29, 1.82) is 0 Å². The minimum absolute atomic E-state index is 0.0977. The van der Waals surface area contributed by atoms with Crippen LogP contribution in [-0.2, 0) is 5.54 Å². The van der Waals surface area contributed by atoms with Crippen molar-refractivity contribution in [2.24, 2.45) is 5.92 Å². The second kappa shape index (κ2) is 7.06. The van der Waals surface area contributed by atoms with E-state index in [0.717, 1.165) is 31.5 Å². The Bertz CT molecular complexity index is 1040. The van der Waals surface area contributed by atoms with Crippen molar-refractivity contribution in [3.05, 3.63) is 58.0 Å². The van der Waals surface area contributed by atoms with E-state index in [4.69, 9.17) is 16.7 Å². The molecule has 1 aliphatic rings. The van der Waals surface area contributed by atoms with Gasteiger partial charge in [0.15, 0.2) is 0 Å². The molecule has 140 valence electrons. The third-order valence-corrected chi connectivity index (χ3v) is 5.83. The Morgan fingerprint density at radius 3 is 2.85 bits per heavy atom. The van der Waals surface area contributed by atoms with Crippen LogP contribution in [0, 0.1) is 5.92 Å². The molecule has 1 saturated heterocycles. The molecule has 3 aromatic rings. The van der Waals surface area contributed by atoms with E-state index in [0.29, 0.717) is 27.5 Å². The van der Waals surface area contributed by atoms with Crippen LogP contribution in [0.2, 0.25) is 5.02 Å². The summed E-state index contributed by atoms with van der Waals surface area (Å²) in [6.07, 6.45) is 3.88. The van der Waals surface area contributed by atoms with Crippen molar-refractivity contribution in [2.75, 3.05) is 13.1 Å². The molecular weight excluding hydrogens is 360 g/mol. The highest BCUT2D eigenvalue weighted by Crippen LogP contribution is 2.31. The summed E-state index contributed by atoms with van der Waals surface area (Å²) in [6.45, 7) is 6.12. The Morgan fingerprint density at radius 1 is 1.26 bits per heavy atom. The van der Waals surface area contributed by atoms with Crippen molar-refractivity contribution in [3.8, 4) is 11.3 Å². The number of halogens is 1. The average molecular weight is 383 g/mol. The lowest BCUT2D eigenvalue weighted by atomic mass is 9.82. The fraction of sp³-hybridized carbons (Fsp3) is 0.381. The Hall–Kier alpha value is -2.24. The molecule has 1 N–H and O–H groups in total. The van der Waals surface area contributed by atoms with E-state index in [-0.39, 0.29) is 5.56 Å². The van der Waals surface area contributed by atoms with Gasteiger partial charge in [0.25, 0.3) is 5.56 Å². The van der Waals surface area contributed by atoms with Crippen LogP contribution in [0.15, 0.2) is 47.4 Å². The maximum absolute atomic E-state index is 13.3. The number of nitrogens with one attached hydrogen (secondary N) is 1. The summed E-state index contributed by atoms with van der Waals surface area (Å²) in [5.41, 5.74) is 1.64. The Kier molecular flexibility index (Phi) is 4.74. The van der Waals surface area contributed by atoms with Crippen molar-refractivity contribution >= 4 is 22.5 Å². The van der Waals surface area contributed by atoms with Gasteiger partial charge in [0.05, 0.1) is 10.9 Å². The molecular formula is C21H23ClN4O. The van der Waals surface area contributed by atoms with Crippen LogP contribution in [0.4, 0.5) is 0 Å². The first kappa shape index (κ1) is 18.1. The van der Waals surface area contributed by atoms with E-state index in [1.165, 1.54) is 0 Å². The van der Waals surface area contributed by atoms with E-state index in [9.17, 15) is 4.79 Å². The van der Waals surface area contributed by atoms with Crippen LogP contribution >= 0.6 is 11.6 Å². The number of nitrogens with zero attached hydrogens (tertiary/aromatic N) is 3. The summed E-state index contributed by atoms with van der Waals surface area (Å²) >= 11 is 6.20. The fourth-order valence-corrected chi connectivity index (χ4v) is 4.11. The number of piperidine rings is 1. The third-order valence-electron chi connectivity index (χ3n) is 5.59. The largest absolute Gasteiger partial charge is 0.316 e. The highest BCUT2D eigenvalue weighted by molar-refractivity contribution is 6.30. The van der Waals surface area contributed by atoms with Crippen molar-refractivity contribution in [3.63, 3.8) is 0 Å². The van der Waals surface area contributed by atoms with Crippen LogP contribution in [0.5, 0.6) is 0 Å². The molecule has 0 aliphatic carbocycles. The van der Waals surface area contributed by atoms with Gasteiger partial charge in [-0.05, 0) is 63.4 Å². The first-order valence-corrected chi connectivity index (χ1v) is 9.71. The number of hydrogen-bond donors (Lipinski definition) is 1. The maximum Gasteiger partial charge on any atom is 0.276 e. The molecule has 0 radical (unpaired) electrons. The van der Waals surface area contributed by atoms with Gasteiger partial charge in [-0.3, -0.25) is 9.78 Å². The second-order valence-electron chi connectivity index (χ2n) is 7.67. The van der Waals surface area contributed by atoms with E-state index in [1.54, 1.807) is 16.9 Å². The van der Waals surface area contributed by atoms with Crippen LogP contribution in [-0.4, -0.2) is 27.9 Å². The summed E-state index contributed by atoms with van der Waals surface area (Å²) in [6, 6.07) is 11.2. The van der Waals surface area contributed by atoms with Gasteiger partial charge < -0.3 is 5.32 Å². The first-order chi connectivity index (χ1) is 13.0. The highest BCUT2D eigenvalue weighted by Gasteiger charge is 2.35. The van der Waals surface area contributed by atoms with Gasteiger partial charge in [0.1, 0.15) is 11.2 Å². The predicted molar refractivity (Wildman–Crippen MR) is 109 cm³/mol. The summed E-state index contributed by atoms with van der Waals surface area (Å²) in [4.78, 5) is 17.7. The van der Waals surface area contributed by atoms with E-state index in [1.807, 2.05) is 30.3 Å². The van der Waals surface area contributed by atoms with Gasteiger partial charge in [-0.15, -0.1) is 0 Å². The zero-order valence-electron chi connectivity index (χ0n) is 15.6. The quantitative estimate of drug-likeness (QED) is 0.747. The SMILES string of the molecule is CC(C)(C1CCCNC1)n1nc(-c2cccc(Cl)c2)c2ncccc2c1=O. The molecule has 2 aromatic heterocycles. The molecule has 3 heterocycles. The molecule has 0 saturated carbocycles. The highest BCUT2D eigenvalue weighted by atomic mass is 35.5. The van der Waals surface area contributed by atoms with Crippen LogP contribution in [0.25, 0.3) is 22.2 Å². The number of benzene rings is 1. The van der Waals surface area contributed by atoms with Gasteiger partial charge in [0.2, 0.25) is 0 Å². The maximum atomic E-state index is 13.3. The average Bonchev–Trinajstić information content (AvgIpc) is 2.69. The lowest BCUT2D eigenvalue weighted by Crippen LogP contribution is -2.49. The predicted octanol–water partition coefficient (Wildman–Crippen LogP) is 3.85. The van der Waals surface area contributed by atoms with Crippen molar-refractivity contribution in [1.82, 2.24) is 20.1 Å². The molecule has 27 heavy (non-hydrogen) atoms. The molecule has 5 nitrogen and oxygen atoms in total. The van der Waals surface area contributed by atoms with Crippen LogP contribution in [0.3, 0.4) is 0 Å². The standard InChI is InChI=1S/C21H23ClN4O/c1-21(2,15-7-4-10-23-13-15)26-20(27)17-9-5-11-24-19(17)18(25-26)14-6-3-8-16(22)12-14/h3,5-6,8-9,11-12,15,23H,4,7,10,13H2,1-2H3. The smallest absolute Gasteiger partial charge is 0.276 e. The Balaban J connectivity index is 1.96. The zero-order valence-corrected chi connectivity index (χ0v) is 16.3. The number of hydrogen-bond acceptors (Lipinski definition) is 4. The second-order valence-corrected chi connectivity index (χ2v) is 8.11. The van der Waals surface area contributed by atoms with Crippen molar-refractivity contribution < 1.29 is 0 Å². The molecule has 6 heteroatoms. The van der Waals surface area contributed by atoms with Gasteiger partial charge in [0, 0.05) is 23.3 Å². The molecule has 1 unspecified atom stereocenters. The number of rotatable bonds is 3. The Morgan fingerprint density at radius 2 is 2.11 bits per heavy atom. The summed E-state index contributed by atoms with van der Waals surface area (Å²) < 4.78 is 1.66. The van der Waals surface area contributed by atoms with Gasteiger partial charge >= 0.3 is 0 Å². The number of aromatic nitrogens is 3. The minimum atomic E-state index is -0.415.